The molecule has 1 aliphatic rings. The molecule has 1 heterocycles. The first-order chi connectivity index (χ1) is 14.2. The number of hydrogen-bond acceptors (Lipinski definition) is 5. The smallest absolute Gasteiger partial charge is 0.257 e. The van der Waals surface area contributed by atoms with Crippen molar-refractivity contribution in [2.75, 3.05) is 17.8 Å². The molecule has 30 heavy (non-hydrogen) atoms. The molecule has 9 heteroatoms. The Bertz CT molecular complexity index is 1030. The minimum atomic E-state index is -3.39. The van der Waals surface area contributed by atoms with Crippen molar-refractivity contribution >= 4 is 38.9 Å². The molecular formula is C21H22F2N2O3S2. The summed E-state index contributed by atoms with van der Waals surface area (Å²) in [7, 11) is -3.39. The lowest BCUT2D eigenvalue weighted by Gasteiger charge is -2.12. The summed E-state index contributed by atoms with van der Waals surface area (Å²) in [5.74, 6) is -0.573. The summed E-state index contributed by atoms with van der Waals surface area (Å²) in [6.45, 7) is 0. The number of carbonyl (C=O) groups excluding carboxylic acids is 1. The van der Waals surface area contributed by atoms with Crippen molar-refractivity contribution in [2.45, 2.75) is 35.0 Å². The molecule has 1 saturated carbocycles. The molecule has 1 N–H and O–H groups in total. The molecule has 1 aromatic heterocycles. The molecule has 0 radical (unpaired) electrons. The highest BCUT2D eigenvalue weighted by Gasteiger charge is 2.34. The fourth-order valence-electron chi connectivity index (χ4n) is 3.29. The third-order valence-corrected chi connectivity index (χ3v) is 6.74. The molecule has 1 aromatic carbocycles. The van der Waals surface area contributed by atoms with Crippen LogP contribution in [0.2, 0.25) is 0 Å². The number of pyridine rings is 1. The van der Waals surface area contributed by atoms with E-state index >= 15 is 0 Å². The molecule has 1 aliphatic carbocycles. The van der Waals surface area contributed by atoms with E-state index in [0.717, 1.165) is 11.2 Å². The summed E-state index contributed by atoms with van der Waals surface area (Å²) < 4.78 is 50.7. The van der Waals surface area contributed by atoms with Gasteiger partial charge in [-0.05, 0) is 54.8 Å². The molecule has 160 valence electrons. The molecule has 5 nitrogen and oxygen atoms in total. The fraction of sp³-hybridized carbons (Fsp3) is 0.333. The summed E-state index contributed by atoms with van der Waals surface area (Å²) in [6, 6.07) is 9.32. The molecule has 1 fully saturated rings. The highest BCUT2D eigenvalue weighted by atomic mass is 32.2. The number of benzene rings is 1. The van der Waals surface area contributed by atoms with Gasteiger partial charge in [-0.2, -0.15) is 0 Å². The summed E-state index contributed by atoms with van der Waals surface area (Å²) >= 11 is 1.52. The molecule has 3 atom stereocenters. The second-order valence-corrected chi connectivity index (χ2v) is 10.1. The number of rotatable bonds is 6. The molecule has 0 bridgehead atoms. The first-order valence-corrected chi connectivity index (χ1v) is 12.4. The van der Waals surface area contributed by atoms with Gasteiger partial charge in [-0.15, -0.1) is 11.8 Å². The Morgan fingerprint density at radius 2 is 1.77 bits per heavy atom. The van der Waals surface area contributed by atoms with Gasteiger partial charge in [-0.1, -0.05) is 18.2 Å². The third kappa shape index (κ3) is 5.46. The van der Waals surface area contributed by atoms with Crippen LogP contribution in [0.1, 0.15) is 18.4 Å². The lowest BCUT2D eigenvalue weighted by molar-refractivity contribution is -0.111. The zero-order chi connectivity index (χ0) is 21.9. The highest BCUT2D eigenvalue weighted by molar-refractivity contribution is 7.98. The average Bonchev–Trinajstić information content (AvgIpc) is 3.03. The Kier molecular flexibility index (Phi) is 6.92. The van der Waals surface area contributed by atoms with E-state index in [2.05, 4.69) is 10.3 Å². The van der Waals surface area contributed by atoms with Crippen molar-refractivity contribution in [1.29, 1.82) is 0 Å². The van der Waals surface area contributed by atoms with Gasteiger partial charge in [0.05, 0.1) is 4.90 Å². The first-order valence-electron chi connectivity index (χ1n) is 9.29. The van der Waals surface area contributed by atoms with Crippen LogP contribution in [0.5, 0.6) is 0 Å². The quantitative estimate of drug-likeness (QED) is 0.522. The van der Waals surface area contributed by atoms with Crippen LogP contribution in [0.15, 0.2) is 58.5 Å². The number of carbonyl (C=O) groups is 1. The number of aromatic nitrogens is 1. The molecule has 3 rings (SSSR count). The maximum Gasteiger partial charge on any atom is 0.257 e. The van der Waals surface area contributed by atoms with Crippen molar-refractivity contribution in [1.82, 2.24) is 4.98 Å². The lowest BCUT2D eigenvalue weighted by atomic mass is 9.98. The van der Waals surface area contributed by atoms with Gasteiger partial charge in [0.25, 0.3) is 5.91 Å². The Morgan fingerprint density at radius 3 is 2.27 bits per heavy atom. The van der Waals surface area contributed by atoms with Crippen LogP contribution in [0.25, 0.3) is 5.57 Å². The maximum absolute atomic E-state index is 13.6. The number of sulfone groups is 1. The maximum atomic E-state index is 13.6. The predicted molar refractivity (Wildman–Crippen MR) is 115 cm³/mol. The van der Waals surface area contributed by atoms with Crippen LogP contribution in [-0.4, -0.2) is 44.2 Å². The lowest BCUT2D eigenvalue weighted by Crippen LogP contribution is -2.15. The van der Waals surface area contributed by atoms with Crippen LogP contribution in [0, 0.1) is 5.92 Å². The minimum Gasteiger partial charge on any atom is -0.307 e. The standard InChI is InChI=1S/C21H22F2N2O3S2/c1-29-15-5-8-20(24-12-15)25-21(26)17(9-13-10-18(22)19(23)11-13)14-3-6-16(7-4-14)30(2,27)28/h3-9,12-13,18-19H,10-11H2,1-2H3,(H,24,25,26)/b17-9+/t13?,18-,19+. The first kappa shape index (κ1) is 22.4. The van der Waals surface area contributed by atoms with Crippen LogP contribution in [0.3, 0.4) is 0 Å². The zero-order valence-corrected chi connectivity index (χ0v) is 18.1. The summed E-state index contributed by atoms with van der Waals surface area (Å²) in [5.41, 5.74) is 0.676. The number of thioether (sulfide) groups is 1. The molecular weight excluding hydrogens is 430 g/mol. The average molecular weight is 453 g/mol. The SMILES string of the molecule is CSc1ccc(NC(=O)/C(=C/C2C[C@@H](F)[C@@H](F)C2)c2ccc(S(C)(=O)=O)cc2)nc1. The van der Waals surface area contributed by atoms with Crippen molar-refractivity contribution in [3.05, 3.63) is 54.2 Å². The molecule has 0 saturated heterocycles. The van der Waals surface area contributed by atoms with E-state index in [-0.39, 0.29) is 23.3 Å². The summed E-state index contributed by atoms with van der Waals surface area (Å²) in [4.78, 5) is 18.2. The van der Waals surface area contributed by atoms with Crippen LogP contribution >= 0.6 is 11.8 Å². The monoisotopic (exact) mass is 452 g/mol. The molecule has 1 amide bonds. The number of amides is 1. The number of nitrogens with one attached hydrogen (secondary N) is 1. The van der Waals surface area contributed by atoms with Crippen molar-refractivity contribution in [3.8, 4) is 0 Å². The van der Waals surface area contributed by atoms with Gasteiger partial charge in [0.15, 0.2) is 9.84 Å². The Labute approximate surface area is 178 Å². The normalized spacial score (nSPS) is 22.1. The van der Waals surface area contributed by atoms with Crippen LogP contribution in [0.4, 0.5) is 14.6 Å². The van der Waals surface area contributed by atoms with Gasteiger partial charge < -0.3 is 5.32 Å². The van der Waals surface area contributed by atoms with E-state index in [0.29, 0.717) is 11.4 Å². The van der Waals surface area contributed by atoms with E-state index in [9.17, 15) is 22.0 Å². The zero-order valence-electron chi connectivity index (χ0n) is 16.5. The Hall–Kier alpha value is -2.26. The highest BCUT2D eigenvalue weighted by Crippen LogP contribution is 2.34. The fourth-order valence-corrected chi connectivity index (χ4v) is 4.28. The predicted octanol–water partition coefficient (Wildman–Crippen LogP) is 4.32. The number of hydrogen-bond donors (Lipinski definition) is 1. The molecule has 2 aromatic rings. The van der Waals surface area contributed by atoms with E-state index < -0.39 is 34.0 Å². The number of allylic oxidation sites excluding steroid dienone is 1. The number of halogens is 2. The minimum absolute atomic E-state index is 0.0000393. The van der Waals surface area contributed by atoms with E-state index in [4.69, 9.17) is 0 Å². The van der Waals surface area contributed by atoms with Gasteiger partial charge in [-0.3, -0.25) is 4.79 Å². The van der Waals surface area contributed by atoms with Gasteiger partial charge >= 0.3 is 0 Å². The number of nitrogens with zero attached hydrogens (tertiary/aromatic N) is 1. The van der Waals surface area contributed by atoms with Crippen LogP contribution in [-0.2, 0) is 14.6 Å². The molecule has 0 spiro atoms. The third-order valence-electron chi connectivity index (χ3n) is 4.90. The topological polar surface area (TPSA) is 76.1 Å². The van der Waals surface area contributed by atoms with Gasteiger partial charge in [0.1, 0.15) is 18.2 Å². The van der Waals surface area contributed by atoms with Crippen molar-refractivity contribution in [3.63, 3.8) is 0 Å². The van der Waals surface area contributed by atoms with Crippen molar-refractivity contribution < 1.29 is 22.0 Å². The van der Waals surface area contributed by atoms with E-state index in [1.807, 2.05) is 12.3 Å². The van der Waals surface area contributed by atoms with Gasteiger partial charge in [0.2, 0.25) is 0 Å². The van der Waals surface area contributed by atoms with Gasteiger partial charge in [-0.25, -0.2) is 22.2 Å². The second kappa shape index (κ2) is 9.26. The Balaban J connectivity index is 1.91. The number of alkyl halides is 2. The summed E-state index contributed by atoms with van der Waals surface area (Å²) in [6.07, 6.45) is 3.09. The van der Waals surface area contributed by atoms with E-state index in [1.54, 1.807) is 18.3 Å². The largest absolute Gasteiger partial charge is 0.307 e. The van der Waals surface area contributed by atoms with Gasteiger partial charge in [0, 0.05) is 22.9 Å². The molecule has 1 unspecified atom stereocenters. The second-order valence-electron chi connectivity index (χ2n) is 7.18. The summed E-state index contributed by atoms with van der Waals surface area (Å²) in [5, 5.41) is 2.70. The van der Waals surface area contributed by atoms with Crippen LogP contribution < -0.4 is 5.32 Å². The number of anilines is 1. The Morgan fingerprint density at radius 1 is 1.13 bits per heavy atom. The van der Waals surface area contributed by atoms with E-state index in [1.165, 1.54) is 36.0 Å². The molecule has 0 aliphatic heterocycles. The van der Waals surface area contributed by atoms with Crippen molar-refractivity contribution in [2.24, 2.45) is 5.92 Å².